The fraction of sp³-hybridized carbons (Fsp3) is 0.189. The lowest BCUT2D eigenvalue weighted by atomic mass is 9.51. The molecule has 324 valence electrons. The monoisotopic (exact) mass is 928 g/mol. The SMILES string of the molecule is O=C(C1=CC(CCO)(C(=O)C2(CCO)C=C(C(=O)c3ccccc3)C(c3ccc(Cl)cc3Cl)=CC2C2=CNC=CC2)C(C2=CNC=CC2)C=C1c1ccc(Cl)cc1Cl)c1ccccc1. The van der Waals surface area contributed by atoms with Crippen LogP contribution in [0.25, 0.3) is 11.1 Å². The molecule has 7 nitrogen and oxygen atoms in total. The van der Waals surface area contributed by atoms with Crippen molar-refractivity contribution in [3.8, 4) is 0 Å². The molecular formula is C53H44Cl4N2O5. The van der Waals surface area contributed by atoms with Gasteiger partial charge in [-0.25, -0.2) is 0 Å². The number of halogens is 4. The van der Waals surface area contributed by atoms with Gasteiger partial charge in [0.25, 0.3) is 0 Å². The third-order valence-corrected chi connectivity index (χ3v) is 13.6. The van der Waals surface area contributed by atoms with E-state index < -0.39 is 41.7 Å². The molecule has 4 aromatic rings. The summed E-state index contributed by atoms with van der Waals surface area (Å²) in [4.78, 5) is 47.1. The Morgan fingerprint density at radius 3 is 1.33 bits per heavy atom. The molecule has 4 aromatic carbocycles. The number of nitrogens with one attached hydrogen (secondary N) is 2. The Morgan fingerprint density at radius 1 is 0.578 bits per heavy atom. The topological polar surface area (TPSA) is 116 Å². The molecule has 2 heterocycles. The van der Waals surface area contributed by atoms with Crippen LogP contribution in [0.1, 0.15) is 57.5 Å². The van der Waals surface area contributed by atoms with E-state index in [1.54, 1.807) is 97.1 Å². The number of hydrogen-bond donors (Lipinski definition) is 4. The van der Waals surface area contributed by atoms with Crippen LogP contribution in [0.15, 0.2) is 181 Å². The van der Waals surface area contributed by atoms with Gasteiger partial charge < -0.3 is 20.8 Å². The van der Waals surface area contributed by atoms with Gasteiger partial charge in [-0.05, 0) is 84.6 Å². The van der Waals surface area contributed by atoms with Crippen molar-refractivity contribution in [1.82, 2.24) is 10.6 Å². The van der Waals surface area contributed by atoms with Crippen LogP contribution in [-0.4, -0.2) is 40.8 Å². The normalized spacial score (nSPS) is 22.7. The first kappa shape index (κ1) is 45.1. The van der Waals surface area contributed by atoms with Gasteiger partial charge in [0.15, 0.2) is 17.3 Å². The second kappa shape index (κ2) is 19.3. The summed E-state index contributed by atoms with van der Waals surface area (Å²) in [5.41, 5.74) is 1.52. The number of carbonyl (C=O) groups excluding carboxylic acids is 3. The molecule has 64 heavy (non-hydrogen) atoms. The highest BCUT2D eigenvalue weighted by Crippen LogP contribution is 2.58. The number of dihydropyridines is 2. The van der Waals surface area contributed by atoms with Crippen LogP contribution in [0.2, 0.25) is 20.1 Å². The van der Waals surface area contributed by atoms with Crippen molar-refractivity contribution in [2.45, 2.75) is 25.7 Å². The quantitative estimate of drug-likeness (QED) is 0.0931. The van der Waals surface area contributed by atoms with E-state index in [0.717, 1.165) is 11.1 Å². The van der Waals surface area contributed by atoms with Crippen molar-refractivity contribution in [2.24, 2.45) is 22.7 Å². The van der Waals surface area contributed by atoms with E-state index in [9.17, 15) is 10.2 Å². The number of Topliss-reactive ketones (excluding diaryl/α,β-unsaturated/α-hetero) is 3. The van der Waals surface area contributed by atoms with E-state index >= 15 is 14.4 Å². The average molecular weight is 931 g/mol. The Hall–Kier alpha value is -5.51. The first-order valence-electron chi connectivity index (χ1n) is 21.0. The molecular weight excluding hydrogens is 886 g/mol. The van der Waals surface area contributed by atoms with E-state index in [1.807, 2.05) is 61.2 Å². The Bertz CT molecular complexity index is 2580. The van der Waals surface area contributed by atoms with Crippen molar-refractivity contribution >= 4 is 74.9 Å². The van der Waals surface area contributed by atoms with Gasteiger partial charge in [-0.15, -0.1) is 0 Å². The van der Waals surface area contributed by atoms with E-state index in [-0.39, 0.29) is 35.6 Å². The lowest BCUT2D eigenvalue weighted by molar-refractivity contribution is -0.139. The van der Waals surface area contributed by atoms with Crippen LogP contribution >= 0.6 is 46.4 Å². The molecule has 0 bridgehead atoms. The summed E-state index contributed by atoms with van der Waals surface area (Å²) in [7, 11) is 0. The van der Waals surface area contributed by atoms with Crippen molar-refractivity contribution in [3.63, 3.8) is 0 Å². The van der Waals surface area contributed by atoms with Gasteiger partial charge in [0, 0.05) is 90.9 Å². The molecule has 2 aliphatic carbocycles. The highest BCUT2D eigenvalue weighted by Gasteiger charge is 2.58. The lowest BCUT2D eigenvalue weighted by Gasteiger charge is -2.50. The van der Waals surface area contributed by atoms with Crippen LogP contribution in [0.5, 0.6) is 0 Å². The van der Waals surface area contributed by atoms with Crippen LogP contribution in [0, 0.1) is 22.7 Å². The number of benzene rings is 4. The molecule has 0 aromatic heterocycles. The molecule has 0 saturated carbocycles. The van der Waals surface area contributed by atoms with Gasteiger partial charge in [-0.1, -0.05) is 156 Å². The first-order valence-corrected chi connectivity index (χ1v) is 22.5. The summed E-state index contributed by atoms with van der Waals surface area (Å²) in [5.74, 6) is -2.66. The van der Waals surface area contributed by atoms with Gasteiger partial charge in [-0.2, -0.15) is 0 Å². The highest BCUT2D eigenvalue weighted by molar-refractivity contribution is 6.37. The zero-order chi connectivity index (χ0) is 45.0. The van der Waals surface area contributed by atoms with Gasteiger partial charge in [0.1, 0.15) is 0 Å². The predicted octanol–water partition coefficient (Wildman–Crippen LogP) is 11.7. The second-order valence-corrected chi connectivity index (χ2v) is 17.9. The number of aliphatic hydroxyl groups is 2. The zero-order valence-electron chi connectivity index (χ0n) is 34.5. The molecule has 4 unspecified atom stereocenters. The fourth-order valence-electron chi connectivity index (χ4n) is 9.57. The maximum atomic E-state index is 17.0. The lowest BCUT2D eigenvalue weighted by Crippen LogP contribution is -2.53. The predicted molar refractivity (Wildman–Crippen MR) is 257 cm³/mol. The Kier molecular flexibility index (Phi) is 13.6. The van der Waals surface area contributed by atoms with Gasteiger partial charge in [0.2, 0.25) is 0 Å². The number of aliphatic hydroxyl groups excluding tert-OH is 2. The molecule has 0 radical (unpaired) electrons. The average Bonchev–Trinajstić information content (AvgIpc) is 3.32. The number of rotatable bonds is 14. The number of carbonyl (C=O) groups is 3. The van der Waals surface area contributed by atoms with Crippen molar-refractivity contribution in [3.05, 3.63) is 223 Å². The minimum absolute atomic E-state index is 0.117. The summed E-state index contributed by atoms with van der Waals surface area (Å²) < 4.78 is 0. The highest BCUT2D eigenvalue weighted by atomic mass is 35.5. The van der Waals surface area contributed by atoms with Gasteiger partial charge >= 0.3 is 0 Å². The summed E-state index contributed by atoms with van der Waals surface area (Å²) in [6.45, 7) is -0.887. The molecule has 4 N–H and O–H groups in total. The minimum Gasteiger partial charge on any atom is -0.396 e. The van der Waals surface area contributed by atoms with Crippen molar-refractivity contribution in [2.75, 3.05) is 13.2 Å². The standard InChI is InChI=1S/C53H44Cl4N2O5/c54-37-15-17-39(47(56)25-37)41-27-45(35-13-7-21-58-31-35)52(19-23-60,29-43(41)49(62)33-9-3-1-4-10-33)51(64)53(20-24-61)30-44(50(63)34-11-5-2-6-12-34)42(40-18-16-38(55)26-48(40)57)28-46(53)36-14-8-22-59-32-36/h1-12,15-18,21-22,25-32,45-46,58-61H,13-14,19-20,23-24H2. The van der Waals surface area contributed by atoms with E-state index in [4.69, 9.17) is 46.4 Å². The molecule has 2 aliphatic heterocycles. The number of ketones is 3. The molecule has 11 heteroatoms. The van der Waals surface area contributed by atoms with Crippen molar-refractivity contribution in [1.29, 1.82) is 0 Å². The zero-order valence-corrected chi connectivity index (χ0v) is 37.6. The van der Waals surface area contributed by atoms with Crippen LogP contribution in [0.4, 0.5) is 0 Å². The summed E-state index contributed by atoms with van der Waals surface area (Å²) >= 11 is 26.7. The molecule has 0 fully saturated rings. The summed E-state index contributed by atoms with van der Waals surface area (Å²) in [6.07, 6.45) is 19.1. The minimum atomic E-state index is -1.65. The third-order valence-electron chi connectivity index (χ3n) is 12.5. The Morgan fingerprint density at radius 2 is 0.984 bits per heavy atom. The molecule has 0 spiro atoms. The van der Waals surface area contributed by atoms with Crippen molar-refractivity contribution < 1.29 is 24.6 Å². The van der Waals surface area contributed by atoms with Crippen LogP contribution in [0.3, 0.4) is 0 Å². The Labute approximate surface area is 392 Å². The first-order chi connectivity index (χ1) is 31.0. The van der Waals surface area contributed by atoms with E-state index in [2.05, 4.69) is 10.6 Å². The summed E-state index contributed by atoms with van der Waals surface area (Å²) in [6, 6.07) is 27.7. The molecule has 4 aliphatic rings. The smallest absolute Gasteiger partial charge is 0.193 e. The maximum absolute atomic E-state index is 17.0. The van der Waals surface area contributed by atoms with Gasteiger partial charge in [0.05, 0.1) is 10.8 Å². The molecule has 0 saturated heterocycles. The molecule has 4 atom stereocenters. The molecule has 8 rings (SSSR count). The number of allylic oxidation sites excluding steroid dienone is 12. The van der Waals surface area contributed by atoms with E-state index in [0.29, 0.717) is 66.3 Å². The van der Waals surface area contributed by atoms with Gasteiger partial charge in [-0.3, -0.25) is 14.4 Å². The summed E-state index contributed by atoms with van der Waals surface area (Å²) in [5, 5.41) is 30.3. The largest absolute Gasteiger partial charge is 0.396 e. The van der Waals surface area contributed by atoms with Crippen LogP contribution < -0.4 is 10.6 Å². The fourth-order valence-corrected chi connectivity index (χ4v) is 10.6. The van der Waals surface area contributed by atoms with Crippen LogP contribution in [-0.2, 0) is 4.79 Å². The van der Waals surface area contributed by atoms with E-state index in [1.165, 1.54) is 0 Å². The Balaban J connectivity index is 1.45. The maximum Gasteiger partial charge on any atom is 0.193 e. The third kappa shape index (κ3) is 8.57. The molecule has 0 amide bonds. The second-order valence-electron chi connectivity index (χ2n) is 16.2. The number of hydrogen-bond acceptors (Lipinski definition) is 7.